The average Bonchev–Trinajstić information content (AvgIpc) is 2.83. The molecule has 1 aromatic heterocycles. The number of hydrogen-bond donors (Lipinski definition) is 0. The Morgan fingerprint density at radius 1 is 1.19 bits per heavy atom. The standard InChI is InChI=1S/C7H12N4.2C2H6.Y/c1-6(2)10-3-7-9-8-4-11(7)5-10;2*1-2;/h4,6H,3,5H2,1-2H3;2*1-2H3;. The molecule has 1 aromatic rings. The summed E-state index contributed by atoms with van der Waals surface area (Å²) in [6.07, 6.45) is 1.79. The summed E-state index contributed by atoms with van der Waals surface area (Å²) in [6, 6.07) is 0.594. The van der Waals surface area contributed by atoms with Gasteiger partial charge in [0.25, 0.3) is 0 Å². The monoisotopic (exact) mass is 301 g/mol. The second-order valence-corrected chi connectivity index (χ2v) is 3.20. The van der Waals surface area contributed by atoms with Gasteiger partial charge in [-0.15, -0.1) is 10.2 Å². The van der Waals surface area contributed by atoms with Crippen molar-refractivity contribution < 1.29 is 32.7 Å². The topological polar surface area (TPSA) is 34.0 Å². The maximum absolute atomic E-state index is 4.00. The maximum Gasteiger partial charge on any atom is 0.148 e. The number of rotatable bonds is 1. The van der Waals surface area contributed by atoms with E-state index in [1.54, 1.807) is 6.33 Å². The Bertz CT molecular complexity index is 240. The van der Waals surface area contributed by atoms with E-state index in [1.165, 1.54) is 0 Å². The first kappa shape index (κ1) is 18.6. The Kier molecular flexibility index (Phi) is 12.0. The number of hydrogen-bond acceptors (Lipinski definition) is 3. The first-order valence-corrected chi connectivity index (χ1v) is 5.88. The molecule has 0 aromatic carbocycles. The molecule has 0 amide bonds. The van der Waals surface area contributed by atoms with Crippen LogP contribution < -0.4 is 0 Å². The summed E-state index contributed by atoms with van der Waals surface area (Å²) < 4.78 is 2.08. The van der Waals surface area contributed by atoms with Crippen LogP contribution in [0.25, 0.3) is 0 Å². The van der Waals surface area contributed by atoms with Gasteiger partial charge in [0.1, 0.15) is 12.2 Å². The molecule has 1 radical (unpaired) electrons. The van der Waals surface area contributed by atoms with E-state index >= 15 is 0 Å². The summed E-state index contributed by atoms with van der Waals surface area (Å²) >= 11 is 0. The summed E-state index contributed by atoms with van der Waals surface area (Å²) in [4.78, 5) is 2.35. The minimum absolute atomic E-state index is 0. The Balaban J connectivity index is 0. The van der Waals surface area contributed by atoms with E-state index in [0.29, 0.717) is 6.04 Å². The van der Waals surface area contributed by atoms with Gasteiger partial charge in [0.15, 0.2) is 0 Å². The zero-order chi connectivity index (χ0) is 11.8. The summed E-state index contributed by atoms with van der Waals surface area (Å²) in [7, 11) is 0. The molecular weight excluding hydrogens is 277 g/mol. The van der Waals surface area contributed by atoms with E-state index in [4.69, 9.17) is 0 Å². The zero-order valence-electron chi connectivity index (χ0n) is 11.4. The Morgan fingerprint density at radius 2 is 1.75 bits per heavy atom. The van der Waals surface area contributed by atoms with Crippen molar-refractivity contribution in [1.29, 1.82) is 0 Å². The molecule has 0 spiro atoms. The van der Waals surface area contributed by atoms with Crippen molar-refractivity contribution in [3.8, 4) is 0 Å². The van der Waals surface area contributed by atoms with E-state index in [9.17, 15) is 0 Å². The van der Waals surface area contributed by atoms with Crippen LogP contribution >= 0.6 is 0 Å². The molecule has 0 saturated carbocycles. The zero-order valence-corrected chi connectivity index (χ0v) is 14.3. The largest absolute Gasteiger partial charge is 0.303 e. The molecule has 2 heterocycles. The second-order valence-electron chi connectivity index (χ2n) is 3.20. The summed E-state index contributed by atoms with van der Waals surface area (Å²) in [5.41, 5.74) is 0. The fraction of sp³-hybridized carbons (Fsp3) is 0.818. The number of aromatic nitrogens is 3. The smallest absolute Gasteiger partial charge is 0.148 e. The Labute approximate surface area is 125 Å². The average molecular weight is 301 g/mol. The van der Waals surface area contributed by atoms with Crippen molar-refractivity contribution in [2.75, 3.05) is 0 Å². The Hall–Kier alpha value is 0.204. The molecule has 0 fully saturated rings. The van der Waals surface area contributed by atoms with Crippen LogP contribution in [0.15, 0.2) is 6.33 Å². The molecule has 1 aliphatic rings. The van der Waals surface area contributed by atoms with Gasteiger partial charge in [0.05, 0.1) is 13.2 Å². The molecular formula is C11H24N4Y. The minimum atomic E-state index is 0. The van der Waals surface area contributed by atoms with Crippen LogP contribution in [0.2, 0.25) is 0 Å². The van der Waals surface area contributed by atoms with Crippen LogP contribution in [0, 0.1) is 0 Å². The van der Waals surface area contributed by atoms with Crippen molar-refractivity contribution in [2.45, 2.75) is 60.8 Å². The molecule has 0 saturated heterocycles. The predicted octanol–water partition coefficient (Wildman–Crippen LogP) is 2.51. The molecule has 2 rings (SSSR count). The van der Waals surface area contributed by atoms with Crippen LogP contribution in [-0.4, -0.2) is 25.7 Å². The molecule has 1 aliphatic heterocycles. The first-order valence-electron chi connectivity index (χ1n) is 5.88. The van der Waals surface area contributed by atoms with Gasteiger partial charge < -0.3 is 4.57 Å². The molecule has 0 aliphatic carbocycles. The van der Waals surface area contributed by atoms with Crippen molar-refractivity contribution in [3.63, 3.8) is 0 Å². The van der Waals surface area contributed by atoms with Crippen molar-refractivity contribution in [1.82, 2.24) is 19.7 Å². The third-order valence-electron chi connectivity index (χ3n) is 2.10. The fourth-order valence-corrected chi connectivity index (χ4v) is 1.29. The Morgan fingerprint density at radius 3 is 2.19 bits per heavy atom. The predicted molar refractivity (Wildman–Crippen MR) is 63.4 cm³/mol. The second kappa shape index (κ2) is 10.4. The molecule has 0 unspecified atom stereocenters. The van der Waals surface area contributed by atoms with Crippen LogP contribution in [0.3, 0.4) is 0 Å². The molecule has 16 heavy (non-hydrogen) atoms. The maximum atomic E-state index is 4.00. The molecule has 0 N–H and O–H groups in total. The molecule has 0 bridgehead atoms. The number of nitrogens with zero attached hydrogens (tertiary/aromatic N) is 4. The third-order valence-corrected chi connectivity index (χ3v) is 2.10. The van der Waals surface area contributed by atoms with Crippen LogP contribution in [0.5, 0.6) is 0 Å². The van der Waals surface area contributed by atoms with Gasteiger partial charge in [-0.2, -0.15) is 0 Å². The minimum Gasteiger partial charge on any atom is -0.303 e. The molecule has 5 heteroatoms. The van der Waals surface area contributed by atoms with Gasteiger partial charge in [-0.1, -0.05) is 27.7 Å². The van der Waals surface area contributed by atoms with Crippen LogP contribution in [0.1, 0.15) is 47.4 Å². The number of fused-ring (bicyclic) bond motifs is 1. The van der Waals surface area contributed by atoms with Gasteiger partial charge in [0.2, 0.25) is 0 Å². The van der Waals surface area contributed by atoms with Gasteiger partial charge in [-0.05, 0) is 13.8 Å². The van der Waals surface area contributed by atoms with E-state index in [0.717, 1.165) is 19.0 Å². The van der Waals surface area contributed by atoms with Crippen molar-refractivity contribution in [2.24, 2.45) is 0 Å². The fourth-order valence-electron chi connectivity index (χ4n) is 1.29. The van der Waals surface area contributed by atoms with E-state index < -0.39 is 0 Å². The van der Waals surface area contributed by atoms with Crippen LogP contribution in [-0.2, 0) is 45.9 Å². The molecule has 91 valence electrons. The molecule has 4 nitrogen and oxygen atoms in total. The first-order chi connectivity index (χ1) is 7.27. The van der Waals surface area contributed by atoms with E-state index in [-0.39, 0.29) is 32.7 Å². The van der Waals surface area contributed by atoms with Crippen molar-refractivity contribution >= 4 is 0 Å². The van der Waals surface area contributed by atoms with E-state index in [1.807, 2.05) is 27.7 Å². The summed E-state index contributed by atoms with van der Waals surface area (Å²) in [6.45, 7) is 14.3. The summed E-state index contributed by atoms with van der Waals surface area (Å²) in [5, 5.41) is 7.82. The van der Waals surface area contributed by atoms with Gasteiger partial charge in [-0.25, -0.2) is 0 Å². The quantitative estimate of drug-likeness (QED) is 0.799. The SMILES string of the molecule is CC.CC.CC(C)N1Cc2nncn2C1.[Y]. The third kappa shape index (κ3) is 5.02. The normalized spacial score (nSPS) is 12.9. The van der Waals surface area contributed by atoms with Crippen molar-refractivity contribution in [3.05, 3.63) is 12.2 Å². The van der Waals surface area contributed by atoms with Gasteiger partial charge in [-0.3, -0.25) is 4.90 Å². The van der Waals surface area contributed by atoms with Gasteiger partial charge >= 0.3 is 0 Å². The van der Waals surface area contributed by atoms with Gasteiger partial charge in [0, 0.05) is 38.8 Å². The van der Waals surface area contributed by atoms with E-state index in [2.05, 4.69) is 33.5 Å². The molecule has 0 atom stereocenters. The van der Waals surface area contributed by atoms with Crippen LogP contribution in [0.4, 0.5) is 0 Å². The summed E-state index contributed by atoms with van der Waals surface area (Å²) in [5.74, 6) is 1.08.